The molecule has 2 unspecified atom stereocenters. The third-order valence-electron chi connectivity index (χ3n) is 5.49. The van der Waals surface area contributed by atoms with Crippen LogP contribution in [0.15, 0.2) is 24.3 Å². The first-order valence-corrected chi connectivity index (χ1v) is 9.79. The van der Waals surface area contributed by atoms with Crippen molar-refractivity contribution in [1.29, 1.82) is 0 Å². The summed E-state index contributed by atoms with van der Waals surface area (Å²) in [7, 11) is 1.88. The zero-order chi connectivity index (χ0) is 20.1. The van der Waals surface area contributed by atoms with Crippen molar-refractivity contribution in [3.63, 3.8) is 0 Å². The Bertz CT molecular complexity index is 707. The molecule has 1 aromatic rings. The van der Waals surface area contributed by atoms with Gasteiger partial charge in [0.15, 0.2) is 0 Å². The van der Waals surface area contributed by atoms with E-state index in [1.807, 2.05) is 11.9 Å². The number of halogens is 3. The second-order valence-corrected chi connectivity index (χ2v) is 7.35. The number of benzene rings is 1. The number of alkyl halides is 2. The fraction of sp³-hybridized carbons (Fsp3) is 0.600. The van der Waals surface area contributed by atoms with E-state index in [1.54, 1.807) is 17.0 Å². The molecule has 0 spiro atoms. The van der Waals surface area contributed by atoms with Crippen LogP contribution in [0.2, 0.25) is 0 Å². The van der Waals surface area contributed by atoms with Gasteiger partial charge in [0.2, 0.25) is 5.91 Å². The van der Waals surface area contributed by atoms with Crippen LogP contribution in [0, 0.1) is 5.92 Å². The summed E-state index contributed by atoms with van der Waals surface area (Å²) in [6, 6.07) is 6.20. The molecule has 6 nitrogen and oxygen atoms in total. The van der Waals surface area contributed by atoms with Crippen molar-refractivity contribution in [3.05, 3.63) is 29.8 Å². The molecule has 2 saturated heterocycles. The molecule has 29 heavy (non-hydrogen) atoms. The second kappa shape index (κ2) is 10.7. The summed E-state index contributed by atoms with van der Waals surface area (Å²) in [6.45, 7) is -0.668. The highest BCUT2D eigenvalue weighted by molar-refractivity contribution is 5.97. The molecule has 2 aliphatic rings. The molecule has 2 heterocycles. The molecule has 0 saturated carbocycles. The van der Waals surface area contributed by atoms with E-state index in [0.717, 1.165) is 32.4 Å². The van der Waals surface area contributed by atoms with Gasteiger partial charge in [-0.25, -0.2) is 0 Å². The lowest BCUT2D eigenvalue weighted by Gasteiger charge is -2.36. The summed E-state index contributed by atoms with van der Waals surface area (Å²) in [5.74, 6) is -0.669. The van der Waals surface area contributed by atoms with Crippen molar-refractivity contribution in [2.75, 3.05) is 33.2 Å². The third kappa shape index (κ3) is 5.57. The molecule has 0 aromatic heterocycles. The average molecular weight is 432 g/mol. The van der Waals surface area contributed by atoms with Crippen LogP contribution in [0.4, 0.5) is 8.78 Å². The molecule has 2 aliphatic heterocycles. The smallest absolute Gasteiger partial charge is 0.387 e. The number of para-hydroxylation sites is 1. The number of amides is 2. The molecular weight excluding hydrogens is 404 g/mol. The van der Waals surface area contributed by atoms with Gasteiger partial charge in [-0.05, 0) is 44.9 Å². The van der Waals surface area contributed by atoms with Gasteiger partial charge in [0.25, 0.3) is 5.91 Å². The van der Waals surface area contributed by atoms with E-state index in [-0.39, 0.29) is 47.5 Å². The Morgan fingerprint density at radius 2 is 1.93 bits per heavy atom. The Hall–Kier alpha value is -1.93. The van der Waals surface area contributed by atoms with E-state index in [9.17, 15) is 18.4 Å². The number of piperidine rings is 1. The predicted molar refractivity (Wildman–Crippen MR) is 108 cm³/mol. The average Bonchev–Trinajstić information content (AvgIpc) is 3.15. The van der Waals surface area contributed by atoms with E-state index >= 15 is 0 Å². The van der Waals surface area contributed by atoms with Crippen LogP contribution in [0.1, 0.15) is 36.0 Å². The molecule has 9 heteroatoms. The normalized spacial score (nSPS) is 21.8. The van der Waals surface area contributed by atoms with Crippen LogP contribution in [0.3, 0.4) is 0 Å². The fourth-order valence-corrected chi connectivity index (χ4v) is 4.18. The molecule has 0 aliphatic carbocycles. The lowest BCUT2D eigenvalue weighted by atomic mass is 9.95. The molecule has 162 valence electrons. The number of nitrogens with zero attached hydrogens (tertiary/aromatic N) is 2. The Morgan fingerprint density at radius 1 is 1.21 bits per heavy atom. The molecule has 2 fully saturated rings. The number of ether oxygens (including phenoxy) is 1. The summed E-state index contributed by atoms with van der Waals surface area (Å²) in [5.41, 5.74) is 0.102. The fourth-order valence-electron chi connectivity index (χ4n) is 4.18. The number of rotatable bonds is 6. The van der Waals surface area contributed by atoms with Gasteiger partial charge >= 0.3 is 6.61 Å². The van der Waals surface area contributed by atoms with E-state index in [2.05, 4.69) is 10.1 Å². The number of carbonyl (C=O) groups is 2. The standard InChI is InChI=1S/C20H27F2N3O3.ClH/c1-23-12-15-7-5-11-25(15)18(26)14-6-4-10-24(13-14)19(27)16-8-2-3-9-17(16)28-20(21)22;/h2-3,8-9,14-15,20,23H,4-7,10-13H2,1H3;1H. The van der Waals surface area contributed by atoms with E-state index in [1.165, 1.54) is 12.1 Å². The number of hydrogen-bond acceptors (Lipinski definition) is 4. The monoisotopic (exact) mass is 431 g/mol. The Labute approximate surface area is 176 Å². The Balaban J connectivity index is 0.00000300. The number of likely N-dealkylation sites (tertiary alicyclic amines) is 2. The van der Waals surface area contributed by atoms with Crippen molar-refractivity contribution in [1.82, 2.24) is 15.1 Å². The van der Waals surface area contributed by atoms with E-state index in [4.69, 9.17) is 0 Å². The minimum absolute atomic E-state index is 0. The van der Waals surface area contributed by atoms with E-state index < -0.39 is 6.61 Å². The maximum absolute atomic E-state index is 13.0. The SMILES string of the molecule is CNCC1CCCN1C(=O)C1CCCN(C(=O)c2ccccc2OC(F)F)C1.Cl. The van der Waals surface area contributed by atoms with Crippen LogP contribution in [0.25, 0.3) is 0 Å². The van der Waals surface area contributed by atoms with Crippen molar-refractivity contribution < 1.29 is 23.1 Å². The number of carbonyl (C=O) groups excluding carboxylic acids is 2. The van der Waals surface area contributed by atoms with Crippen LogP contribution in [0.5, 0.6) is 5.75 Å². The first kappa shape index (κ1) is 23.3. The molecule has 0 bridgehead atoms. The summed E-state index contributed by atoms with van der Waals surface area (Å²) in [4.78, 5) is 29.5. The molecule has 2 atom stereocenters. The van der Waals surface area contributed by atoms with Crippen molar-refractivity contribution in [3.8, 4) is 5.75 Å². The maximum atomic E-state index is 13.0. The molecule has 2 amide bonds. The zero-order valence-corrected chi connectivity index (χ0v) is 17.3. The van der Waals surface area contributed by atoms with E-state index in [0.29, 0.717) is 19.5 Å². The lowest BCUT2D eigenvalue weighted by molar-refractivity contribution is -0.137. The van der Waals surface area contributed by atoms with Gasteiger partial charge in [0, 0.05) is 32.2 Å². The predicted octanol–water partition coefficient (Wildman–Crippen LogP) is 2.77. The lowest BCUT2D eigenvalue weighted by Crippen LogP contribution is -2.49. The third-order valence-corrected chi connectivity index (χ3v) is 5.49. The molecule has 1 aromatic carbocycles. The van der Waals surface area contributed by atoms with Gasteiger partial charge in [-0.1, -0.05) is 12.1 Å². The summed E-state index contributed by atoms with van der Waals surface area (Å²) < 4.78 is 29.8. The molecule has 3 rings (SSSR count). The largest absolute Gasteiger partial charge is 0.434 e. The van der Waals surface area contributed by atoms with Gasteiger partial charge < -0.3 is 19.9 Å². The zero-order valence-electron chi connectivity index (χ0n) is 16.5. The van der Waals surface area contributed by atoms with Crippen molar-refractivity contribution in [2.45, 2.75) is 38.3 Å². The summed E-state index contributed by atoms with van der Waals surface area (Å²) in [6.07, 6.45) is 3.43. The number of nitrogens with one attached hydrogen (secondary N) is 1. The maximum Gasteiger partial charge on any atom is 0.387 e. The number of hydrogen-bond donors (Lipinski definition) is 1. The van der Waals surface area contributed by atoms with Crippen LogP contribution in [-0.2, 0) is 4.79 Å². The first-order chi connectivity index (χ1) is 13.5. The number of likely N-dealkylation sites (N-methyl/N-ethyl adjacent to an activating group) is 1. The minimum Gasteiger partial charge on any atom is -0.434 e. The topological polar surface area (TPSA) is 61.9 Å². The highest BCUT2D eigenvalue weighted by Gasteiger charge is 2.36. The first-order valence-electron chi connectivity index (χ1n) is 9.79. The summed E-state index contributed by atoms with van der Waals surface area (Å²) >= 11 is 0. The molecule has 0 radical (unpaired) electrons. The molecule has 1 N–H and O–H groups in total. The highest BCUT2D eigenvalue weighted by atomic mass is 35.5. The Kier molecular flexibility index (Phi) is 8.64. The Morgan fingerprint density at radius 3 is 2.66 bits per heavy atom. The highest BCUT2D eigenvalue weighted by Crippen LogP contribution is 2.27. The summed E-state index contributed by atoms with van der Waals surface area (Å²) in [5, 5.41) is 3.13. The van der Waals surface area contributed by atoms with Crippen LogP contribution >= 0.6 is 12.4 Å². The van der Waals surface area contributed by atoms with Gasteiger partial charge in [0.05, 0.1) is 11.5 Å². The quantitative estimate of drug-likeness (QED) is 0.752. The van der Waals surface area contributed by atoms with Gasteiger partial charge in [0.1, 0.15) is 5.75 Å². The van der Waals surface area contributed by atoms with Crippen molar-refractivity contribution >= 4 is 24.2 Å². The molecular formula is C20H28ClF2N3O3. The van der Waals surface area contributed by atoms with Crippen molar-refractivity contribution in [2.24, 2.45) is 5.92 Å². The van der Waals surface area contributed by atoms with Crippen LogP contribution < -0.4 is 10.1 Å². The van der Waals surface area contributed by atoms with Crippen LogP contribution in [-0.4, -0.2) is 67.5 Å². The van der Waals surface area contributed by atoms with Gasteiger partial charge in [-0.2, -0.15) is 8.78 Å². The second-order valence-electron chi connectivity index (χ2n) is 7.35. The van der Waals surface area contributed by atoms with Gasteiger partial charge in [-0.3, -0.25) is 9.59 Å². The van der Waals surface area contributed by atoms with Gasteiger partial charge in [-0.15, -0.1) is 12.4 Å². The minimum atomic E-state index is -3.00.